The van der Waals surface area contributed by atoms with Crippen LogP contribution in [0.4, 0.5) is 4.39 Å². The van der Waals surface area contributed by atoms with E-state index in [0.29, 0.717) is 61.1 Å². The maximum Gasteiger partial charge on any atom is 0.251 e. The average molecular weight is 452 g/mol. The topological polar surface area (TPSA) is 81.5 Å². The van der Waals surface area contributed by atoms with E-state index < -0.39 is 0 Å². The molecule has 1 fully saturated rings. The summed E-state index contributed by atoms with van der Waals surface area (Å²) in [4.78, 5) is 23.5. The van der Waals surface area contributed by atoms with Crippen LogP contribution in [0.2, 0.25) is 0 Å². The molecule has 0 radical (unpaired) electrons. The lowest BCUT2D eigenvalue weighted by Crippen LogP contribution is -2.50. The fourth-order valence-electron chi connectivity index (χ4n) is 5.24. The van der Waals surface area contributed by atoms with Gasteiger partial charge >= 0.3 is 0 Å². The lowest BCUT2D eigenvalue weighted by Gasteiger charge is -2.40. The SMILES string of the molecule is O=c1ccc2ncc(F)c3c2n1CC(N1CCC(NCc2cc4c(cn2)OCCO4)CC1)C3. The van der Waals surface area contributed by atoms with Crippen LogP contribution in [0.25, 0.3) is 11.0 Å². The van der Waals surface area contributed by atoms with Crippen molar-refractivity contribution in [3.8, 4) is 11.5 Å². The molecule has 0 aliphatic carbocycles. The summed E-state index contributed by atoms with van der Waals surface area (Å²) in [5, 5.41) is 3.61. The number of rotatable bonds is 4. The quantitative estimate of drug-likeness (QED) is 0.649. The monoisotopic (exact) mass is 451 g/mol. The van der Waals surface area contributed by atoms with Crippen LogP contribution in [0.5, 0.6) is 11.5 Å². The molecule has 6 heterocycles. The van der Waals surface area contributed by atoms with Gasteiger partial charge in [-0.25, -0.2) is 4.39 Å². The van der Waals surface area contributed by atoms with Gasteiger partial charge in [0, 0.05) is 42.9 Å². The molecule has 0 amide bonds. The highest BCUT2D eigenvalue weighted by Gasteiger charge is 2.31. The number of hydrogen-bond donors (Lipinski definition) is 1. The van der Waals surface area contributed by atoms with E-state index in [1.54, 1.807) is 16.8 Å². The Kier molecular flexibility index (Phi) is 5.22. The van der Waals surface area contributed by atoms with E-state index in [4.69, 9.17) is 9.47 Å². The number of hydrogen-bond acceptors (Lipinski definition) is 7. The number of halogens is 1. The van der Waals surface area contributed by atoms with Gasteiger partial charge in [-0.15, -0.1) is 0 Å². The molecule has 3 aliphatic heterocycles. The molecule has 3 aromatic heterocycles. The van der Waals surface area contributed by atoms with Crippen molar-refractivity contribution in [2.45, 2.75) is 44.4 Å². The predicted molar refractivity (Wildman–Crippen MR) is 120 cm³/mol. The number of aromatic nitrogens is 3. The van der Waals surface area contributed by atoms with Crippen molar-refractivity contribution in [2.24, 2.45) is 0 Å². The third-order valence-corrected chi connectivity index (χ3v) is 6.99. The van der Waals surface area contributed by atoms with Gasteiger partial charge in [-0.3, -0.25) is 19.7 Å². The largest absolute Gasteiger partial charge is 0.486 e. The van der Waals surface area contributed by atoms with Crippen LogP contribution < -0.4 is 20.3 Å². The first kappa shape index (κ1) is 20.6. The second-order valence-corrected chi connectivity index (χ2v) is 8.97. The number of likely N-dealkylation sites (tertiary alicyclic amines) is 1. The van der Waals surface area contributed by atoms with Gasteiger partial charge in [0.05, 0.1) is 29.1 Å². The van der Waals surface area contributed by atoms with Crippen molar-refractivity contribution in [3.05, 3.63) is 58.0 Å². The second kappa shape index (κ2) is 8.39. The minimum absolute atomic E-state index is 0.0932. The highest BCUT2D eigenvalue weighted by Crippen LogP contribution is 2.30. The van der Waals surface area contributed by atoms with Gasteiger partial charge in [0.25, 0.3) is 5.56 Å². The Balaban J connectivity index is 1.09. The normalized spacial score (nSPS) is 20.8. The van der Waals surface area contributed by atoms with Gasteiger partial charge in [0.2, 0.25) is 0 Å². The summed E-state index contributed by atoms with van der Waals surface area (Å²) in [6.45, 7) is 4.19. The van der Waals surface area contributed by atoms with Gasteiger partial charge < -0.3 is 19.4 Å². The molecule has 3 aliphatic rings. The molecule has 8 nitrogen and oxygen atoms in total. The molecule has 0 bridgehead atoms. The molecule has 0 aromatic carbocycles. The summed E-state index contributed by atoms with van der Waals surface area (Å²) in [6, 6.07) is 5.65. The summed E-state index contributed by atoms with van der Waals surface area (Å²) in [6.07, 6.45) is 5.59. The summed E-state index contributed by atoms with van der Waals surface area (Å²) in [5.41, 5.74) is 2.78. The van der Waals surface area contributed by atoms with Crippen molar-refractivity contribution in [1.82, 2.24) is 24.8 Å². The highest BCUT2D eigenvalue weighted by molar-refractivity contribution is 5.79. The third-order valence-electron chi connectivity index (χ3n) is 6.99. The lowest BCUT2D eigenvalue weighted by atomic mass is 9.95. The zero-order valence-electron chi connectivity index (χ0n) is 18.3. The summed E-state index contributed by atoms with van der Waals surface area (Å²) < 4.78 is 27.5. The molecule has 1 unspecified atom stereocenters. The smallest absolute Gasteiger partial charge is 0.251 e. The van der Waals surface area contributed by atoms with Crippen LogP contribution in [0.15, 0.2) is 35.4 Å². The first-order valence-electron chi connectivity index (χ1n) is 11.5. The first-order chi connectivity index (χ1) is 16.2. The first-order valence-corrected chi connectivity index (χ1v) is 11.5. The van der Waals surface area contributed by atoms with Gasteiger partial charge in [0.15, 0.2) is 11.5 Å². The molecule has 1 N–H and O–H groups in total. The Morgan fingerprint density at radius 3 is 2.76 bits per heavy atom. The molecule has 1 atom stereocenters. The average Bonchev–Trinajstić information content (AvgIpc) is 2.86. The summed E-state index contributed by atoms with van der Waals surface area (Å²) in [5.74, 6) is 1.14. The molecule has 33 heavy (non-hydrogen) atoms. The van der Waals surface area contributed by atoms with Crippen LogP contribution in [0.3, 0.4) is 0 Å². The van der Waals surface area contributed by atoms with Gasteiger partial charge in [-0.1, -0.05) is 0 Å². The van der Waals surface area contributed by atoms with E-state index in [-0.39, 0.29) is 17.4 Å². The van der Waals surface area contributed by atoms with Crippen molar-refractivity contribution < 1.29 is 13.9 Å². The molecule has 0 spiro atoms. The van der Waals surface area contributed by atoms with Crippen LogP contribution in [-0.2, 0) is 19.5 Å². The fourth-order valence-corrected chi connectivity index (χ4v) is 5.24. The number of fused-ring (bicyclic) bond motifs is 1. The minimum Gasteiger partial charge on any atom is -0.486 e. The van der Waals surface area contributed by atoms with E-state index in [9.17, 15) is 9.18 Å². The Bertz CT molecular complexity index is 1250. The standard InChI is InChI=1S/C24H26FN5O3/c25-19-12-28-20-1-2-23(31)30-14-17(10-18(19)24(20)30)29-5-3-15(4-6-29)26-11-16-9-21-22(13-27-16)33-8-7-32-21/h1-2,9,12-13,15,17,26H,3-8,10-11,14H2. The maximum atomic E-state index is 14.6. The zero-order valence-corrected chi connectivity index (χ0v) is 18.3. The summed E-state index contributed by atoms with van der Waals surface area (Å²) >= 11 is 0. The number of ether oxygens (including phenoxy) is 2. The van der Waals surface area contributed by atoms with Gasteiger partial charge in [-0.05, 0) is 38.4 Å². The number of nitrogens with one attached hydrogen (secondary N) is 1. The van der Waals surface area contributed by atoms with E-state index in [1.807, 2.05) is 6.07 Å². The van der Waals surface area contributed by atoms with Crippen molar-refractivity contribution >= 4 is 11.0 Å². The fraction of sp³-hybridized carbons (Fsp3) is 0.458. The molecule has 172 valence electrons. The minimum atomic E-state index is -0.324. The Morgan fingerprint density at radius 1 is 1.09 bits per heavy atom. The van der Waals surface area contributed by atoms with Crippen molar-refractivity contribution in [2.75, 3.05) is 26.3 Å². The Hall–Kier alpha value is -3.04. The van der Waals surface area contributed by atoms with E-state index in [0.717, 1.165) is 37.4 Å². The third kappa shape index (κ3) is 3.85. The number of piperidine rings is 1. The zero-order chi connectivity index (χ0) is 22.4. The van der Waals surface area contributed by atoms with Crippen LogP contribution in [0, 0.1) is 5.82 Å². The Labute approximate surface area is 190 Å². The lowest BCUT2D eigenvalue weighted by molar-refractivity contribution is 0.126. The number of nitrogens with zero attached hydrogens (tertiary/aromatic N) is 4. The molecule has 6 rings (SSSR count). The van der Waals surface area contributed by atoms with Gasteiger partial charge in [-0.2, -0.15) is 0 Å². The predicted octanol–water partition coefficient (Wildman–Crippen LogP) is 1.88. The van der Waals surface area contributed by atoms with E-state index in [1.165, 1.54) is 12.3 Å². The second-order valence-electron chi connectivity index (χ2n) is 8.97. The molecule has 0 saturated carbocycles. The van der Waals surface area contributed by atoms with Crippen molar-refractivity contribution in [1.29, 1.82) is 0 Å². The molecule has 9 heteroatoms. The van der Waals surface area contributed by atoms with Crippen LogP contribution >= 0.6 is 0 Å². The van der Waals surface area contributed by atoms with E-state index in [2.05, 4.69) is 20.2 Å². The van der Waals surface area contributed by atoms with Crippen molar-refractivity contribution in [3.63, 3.8) is 0 Å². The van der Waals surface area contributed by atoms with E-state index >= 15 is 0 Å². The van der Waals surface area contributed by atoms with Crippen LogP contribution in [0.1, 0.15) is 24.1 Å². The Morgan fingerprint density at radius 2 is 1.91 bits per heavy atom. The van der Waals surface area contributed by atoms with Gasteiger partial charge in [0.1, 0.15) is 19.0 Å². The molecular weight excluding hydrogens is 425 g/mol. The summed E-state index contributed by atoms with van der Waals surface area (Å²) in [7, 11) is 0. The highest BCUT2D eigenvalue weighted by atomic mass is 19.1. The van der Waals surface area contributed by atoms with Crippen LogP contribution in [-0.4, -0.2) is 57.8 Å². The molecular formula is C24H26FN5O3. The number of pyridine rings is 3. The molecule has 3 aromatic rings. The maximum absolute atomic E-state index is 14.6. The molecule has 1 saturated heterocycles.